The first-order valence-electron chi connectivity index (χ1n) is 7.03. The second-order valence-corrected chi connectivity index (χ2v) is 5.51. The number of benzene rings is 1. The van der Waals surface area contributed by atoms with Crippen molar-refractivity contribution in [2.24, 2.45) is 5.92 Å². The Bertz CT molecular complexity index is 436. The Balaban J connectivity index is 1.55. The SMILES string of the molecule is OC(CNC1CCOC1C1CC1)c1ccccc1F. The number of aliphatic hydroxyl groups excluding tert-OH is 1. The molecular weight excluding hydrogens is 245 g/mol. The molecule has 1 aromatic rings. The van der Waals surface area contributed by atoms with Crippen molar-refractivity contribution in [1.82, 2.24) is 5.32 Å². The zero-order valence-corrected chi connectivity index (χ0v) is 10.9. The Morgan fingerprint density at radius 1 is 1.32 bits per heavy atom. The minimum atomic E-state index is -0.804. The van der Waals surface area contributed by atoms with Crippen LogP contribution in [0.25, 0.3) is 0 Å². The molecule has 3 rings (SSSR count). The van der Waals surface area contributed by atoms with Crippen molar-refractivity contribution in [2.75, 3.05) is 13.2 Å². The van der Waals surface area contributed by atoms with Crippen LogP contribution < -0.4 is 5.32 Å². The van der Waals surface area contributed by atoms with E-state index in [2.05, 4.69) is 5.32 Å². The lowest BCUT2D eigenvalue weighted by atomic mass is 10.0. The summed E-state index contributed by atoms with van der Waals surface area (Å²) in [5.74, 6) is 0.337. The molecule has 3 atom stereocenters. The highest BCUT2D eigenvalue weighted by molar-refractivity contribution is 5.20. The van der Waals surface area contributed by atoms with Gasteiger partial charge in [0.2, 0.25) is 0 Å². The van der Waals surface area contributed by atoms with E-state index >= 15 is 0 Å². The van der Waals surface area contributed by atoms with Gasteiger partial charge in [-0.3, -0.25) is 0 Å². The maximum atomic E-state index is 13.5. The third-order valence-electron chi connectivity index (χ3n) is 4.06. The van der Waals surface area contributed by atoms with E-state index in [1.165, 1.54) is 18.9 Å². The lowest BCUT2D eigenvalue weighted by Gasteiger charge is -2.21. The minimum Gasteiger partial charge on any atom is -0.387 e. The number of hydrogen-bond acceptors (Lipinski definition) is 3. The van der Waals surface area contributed by atoms with Crippen LogP contribution in [0.15, 0.2) is 24.3 Å². The zero-order chi connectivity index (χ0) is 13.2. The lowest BCUT2D eigenvalue weighted by Crippen LogP contribution is -2.39. The third-order valence-corrected chi connectivity index (χ3v) is 4.06. The van der Waals surface area contributed by atoms with E-state index in [1.807, 2.05) is 0 Å². The van der Waals surface area contributed by atoms with Crippen molar-refractivity contribution in [3.63, 3.8) is 0 Å². The molecule has 1 saturated heterocycles. The van der Waals surface area contributed by atoms with Crippen LogP contribution in [-0.2, 0) is 4.74 Å². The molecule has 2 fully saturated rings. The Morgan fingerprint density at radius 2 is 2.11 bits per heavy atom. The summed E-state index contributed by atoms with van der Waals surface area (Å²) in [6, 6.07) is 6.68. The number of rotatable bonds is 5. The van der Waals surface area contributed by atoms with Gasteiger partial charge in [-0.2, -0.15) is 0 Å². The summed E-state index contributed by atoms with van der Waals surface area (Å²) < 4.78 is 19.3. The second kappa shape index (κ2) is 5.57. The summed E-state index contributed by atoms with van der Waals surface area (Å²) in [6.07, 6.45) is 2.96. The normalized spacial score (nSPS) is 28.5. The fraction of sp³-hybridized carbons (Fsp3) is 0.600. The van der Waals surface area contributed by atoms with Gasteiger partial charge in [0.05, 0.1) is 12.2 Å². The molecule has 1 heterocycles. The predicted molar refractivity (Wildman–Crippen MR) is 70.2 cm³/mol. The van der Waals surface area contributed by atoms with Crippen LogP contribution in [0.2, 0.25) is 0 Å². The summed E-state index contributed by atoms with van der Waals surface area (Å²) >= 11 is 0. The van der Waals surface area contributed by atoms with E-state index in [0.29, 0.717) is 24.1 Å². The van der Waals surface area contributed by atoms with E-state index in [9.17, 15) is 9.50 Å². The summed E-state index contributed by atoms with van der Waals surface area (Å²) in [7, 11) is 0. The first kappa shape index (κ1) is 13.0. The van der Waals surface area contributed by atoms with Crippen LogP contribution in [0.1, 0.15) is 30.9 Å². The number of halogens is 1. The highest BCUT2D eigenvalue weighted by atomic mass is 19.1. The smallest absolute Gasteiger partial charge is 0.129 e. The van der Waals surface area contributed by atoms with Gasteiger partial charge in [-0.25, -0.2) is 4.39 Å². The van der Waals surface area contributed by atoms with Crippen LogP contribution in [0.4, 0.5) is 4.39 Å². The molecule has 0 aromatic heterocycles. The van der Waals surface area contributed by atoms with Gasteiger partial charge < -0.3 is 15.2 Å². The van der Waals surface area contributed by atoms with Crippen molar-refractivity contribution in [3.05, 3.63) is 35.6 Å². The molecule has 19 heavy (non-hydrogen) atoms. The number of hydrogen-bond donors (Lipinski definition) is 2. The number of aliphatic hydroxyl groups is 1. The topological polar surface area (TPSA) is 41.5 Å². The molecule has 2 aliphatic rings. The van der Waals surface area contributed by atoms with Gasteiger partial charge in [0.15, 0.2) is 0 Å². The lowest BCUT2D eigenvalue weighted by molar-refractivity contribution is 0.0768. The van der Waals surface area contributed by atoms with Gasteiger partial charge in [-0.05, 0) is 31.2 Å². The molecule has 0 bridgehead atoms. The molecule has 0 radical (unpaired) electrons. The quantitative estimate of drug-likeness (QED) is 0.856. The molecule has 4 heteroatoms. The average Bonchev–Trinajstić information content (AvgIpc) is 3.15. The number of ether oxygens (including phenoxy) is 1. The summed E-state index contributed by atoms with van der Waals surface area (Å²) in [5, 5.41) is 13.4. The first-order valence-corrected chi connectivity index (χ1v) is 7.03. The zero-order valence-electron chi connectivity index (χ0n) is 10.9. The molecule has 0 spiro atoms. The molecule has 104 valence electrons. The Labute approximate surface area is 112 Å². The van der Waals surface area contributed by atoms with Crippen molar-refractivity contribution in [3.8, 4) is 0 Å². The van der Waals surface area contributed by atoms with E-state index in [0.717, 1.165) is 13.0 Å². The Morgan fingerprint density at radius 3 is 2.84 bits per heavy atom. The highest BCUT2D eigenvalue weighted by Gasteiger charge is 2.40. The van der Waals surface area contributed by atoms with Crippen LogP contribution in [0, 0.1) is 11.7 Å². The summed E-state index contributed by atoms with van der Waals surface area (Å²) in [5.41, 5.74) is 0.358. The van der Waals surface area contributed by atoms with E-state index < -0.39 is 6.10 Å². The molecule has 1 saturated carbocycles. The molecule has 1 aliphatic carbocycles. The van der Waals surface area contributed by atoms with E-state index in [4.69, 9.17) is 4.74 Å². The largest absolute Gasteiger partial charge is 0.387 e. The molecule has 1 aromatic carbocycles. The first-order chi connectivity index (χ1) is 9.25. The van der Waals surface area contributed by atoms with E-state index in [-0.39, 0.29) is 11.9 Å². The predicted octanol–water partition coefficient (Wildman–Crippen LogP) is 2.02. The maximum Gasteiger partial charge on any atom is 0.129 e. The molecule has 2 N–H and O–H groups in total. The number of nitrogens with one attached hydrogen (secondary N) is 1. The highest BCUT2D eigenvalue weighted by Crippen LogP contribution is 2.38. The van der Waals surface area contributed by atoms with Crippen molar-refractivity contribution >= 4 is 0 Å². The molecule has 1 aliphatic heterocycles. The van der Waals surface area contributed by atoms with Gasteiger partial charge in [0.1, 0.15) is 5.82 Å². The van der Waals surface area contributed by atoms with Gasteiger partial charge >= 0.3 is 0 Å². The maximum absolute atomic E-state index is 13.5. The third kappa shape index (κ3) is 2.96. The summed E-state index contributed by atoms with van der Waals surface area (Å²) in [6.45, 7) is 1.16. The fourth-order valence-corrected chi connectivity index (χ4v) is 2.84. The minimum absolute atomic E-state index is 0.285. The van der Waals surface area contributed by atoms with Crippen molar-refractivity contribution < 1.29 is 14.2 Å². The van der Waals surface area contributed by atoms with Crippen LogP contribution in [0.3, 0.4) is 0 Å². The van der Waals surface area contributed by atoms with Gasteiger partial charge in [0.25, 0.3) is 0 Å². The summed E-state index contributed by atoms with van der Waals surface area (Å²) in [4.78, 5) is 0. The Hall–Kier alpha value is -0.970. The van der Waals surface area contributed by atoms with Gasteiger partial charge in [0, 0.05) is 24.8 Å². The molecule has 0 amide bonds. The van der Waals surface area contributed by atoms with Gasteiger partial charge in [-0.1, -0.05) is 18.2 Å². The monoisotopic (exact) mass is 265 g/mol. The molecule has 3 nitrogen and oxygen atoms in total. The molecule has 3 unspecified atom stereocenters. The van der Waals surface area contributed by atoms with Crippen molar-refractivity contribution in [1.29, 1.82) is 0 Å². The second-order valence-electron chi connectivity index (χ2n) is 5.51. The van der Waals surface area contributed by atoms with E-state index in [1.54, 1.807) is 18.2 Å². The van der Waals surface area contributed by atoms with Crippen LogP contribution >= 0.6 is 0 Å². The van der Waals surface area contributed by atoms with Crippen LogP contribution in [0.5, 0.6) is 0 Å². The average molecular weight is 265 g/mol. The standard InChI is InChI=1S/C15H20FNO2/c16-12-4-2-1-3-11(12)14(18)9-17-13-7-8-19-15(13)10-5-6-10/h1-4,10,13-15,17-18H,5-9H2. The van der Waals surface area contributed by atoms with Crippen molar-refractivity contribution in [2.45, 2.75) is 37.5 Å². The van der Waals surface area contributed by atoms with Crippen LogP contribution in [-0.4, -0.2) is 30.4 Å². The fourth-order valence-electron chi connectivity index (χ4n) is 2.84. The van der Waals surface area contributed by atoms with Gasteiger partial charge in [-0.15, -0.1) is 0 Å². The Kier molecular flexibility index (Phi) is 3.82. The molecular formula is C15H20FNO2.